The summed E-state index contributed by atoms with van der Waals surface area (Å²) < 4.78 is 0. The van der Waals surface area contributed by atoms with Crippen LogP contribution in [0.4, 0.5) is 0 Å². The van der Waals surface area contributed by atoms with E-state index in [4.69, 9.17) is 11.6 Å². The van der Waals surface area contributed by atoms with Gasteiger partial charge in [-0.25, -0.2) is 4.79 Å². The van der Waals surface area contributed by atoms with Crippen LogP contribution in [0.1, 0.15) is 27.0 Å². The minimum Gasteiger partial charge on any atom is -0.477 e. The molecule has 20 heavy (non-hydrogen) atoms. The van der Waals surface area contributed by atoms with E-state index in [-0.39, 0.29) is 4.88 Å². The number of allylic oxidation sites excluding steroid dienone is 4. The van der Waals surface area contributed by atoms with Crippen LogP contribution in [0.3, 0.4) is 0 Å². The molecule has 106 valence electrons. The smallest absolute Gasteiger partial charge is 0.346 e. The SMILES string of the molecule is C=C/C(=C\C(=C/C)NC)c1sc(C(=O)O)c(C=C)c1Cl. The van der Waals surface area contributed by atoms with Gasteiger partial charge in [0.05, 0.1) is 9.90 Å². The van der Waals surface area contributed by atoms with Crippen molar-refractivity contribution in [3.63, 3.8) is 0 Å². The third kappa shape index (κ3) is 3.21. The maximum absolute atomic E-state index is 11.2. The molecule has 0 aliphatic heterocycles. The number of nitrogens with one attached hydrogen (secondary N) is 1. The Morgan fingerprint density at radius 2 is 2.05 bits per heavy atom. The minimum absolute atomic E-state index is 0.180. The number of halogens is 1. The summed E-state index contributed by atoms with van der Waals surface area (Å²) in [5.74, 6) is -1.01. The van der Waals surface area contributed by atoms with E-state index in [1.54, 1.807) is 13.1 Å². The van der Waals surface area contributed by atoms with E-state index in [1.165, 1.54) is 6.08 Å². The third-order valence-corrected chi connectivity index (χ3v) is 4.42. The number of likely N-dealkylation sites (N-methyl/N-ethyl adjacent to an activating group) is 1. The van der Waals surface area contributed by atoms with Crippen LogP contribution in [0.25, 0.3) is 11.6 Å². The van der Waals surface area contributed by atoms with Crippen molar-refractivity contribution in [3.8, 4) is 0 Å². The number of carboxylic acids is 1. The lowest BCUT2D eigenvalue weighted by Gasteiger charge is -2.04. The van der Waals surface area contributed by atoms with Gasteiger partial charge in [-0.3, -0.25) is 0 Å². The normalized spacial score (nSPS) is 12.2. The van der Waals surface area contributed by atoms with Crippen molar-refractivity contribution < 1.29 is 9.90 Å². The molecule has 0 saturated heterocycles. The summed E-state index contributed by atoms with van der Waals surface area (Å²) in [7, 11) is 1.81. The van der Waals surface area contributed by atoms with Crippen molar-refractivity contribution in [1.82, 2.24) is 5.32 Å². The van der Waals surface area contributed by atoms with Gasteiger partial charge in [-0.2, -0.15) is 0 Å². The van der Waals surface area contributed by atoms with E-state index in [0.717, 1.165) is 22.6 Å². The molecule has 0 amide bonds. The summed E-state index contributed by atoms with van der Waals surface area (Å²) >= 11 is 7.38. The quantitative estimate of drug-likeness (QED) is 0.764. The lowest BCUT2D eigenvalue weighted by atomic mass is 10.1. The number of carboxylic acid groups (broad SMARTS) is 1. The Hall–Kier alpha value is -1.78. The van der Waals surface area contributed by atoms with Crippen LogP contribution in [0.5, 0.6) is 0 Å². The number of carbonyl (C=O) groups is 1. The first-order valence-corrected chi connectivity index (χ1v) is 7.06. The highest BCUT2D eigenvalue weighted by Crippen LogP contribution is 2.39. The molecule has 3 nitrogen and oxygen atoms in total. The summed E-state index contributed by atoms with van der Waals surface area (Å²) in [4.78, 5) is 12.1. The number of hydrogen-bond donors (Lipinski definition) is 2. The van der Waals surface area contributed by atoms with Crippen molar-refractivity contribution in [2.45, 2.75) is 6.92 Å². The molecular formula is C15H16ClNO2S. The molecule has 0 radical (unpaired) electrons. The zero-order valence-electron chi connectivity index (χ0n) is 11.4. The number of rotatable bonds is 6. The second kappa shape index (κ2) is 7.12. The minimum atomic E-state index is -1.01. The highest BCUT2D eigenvalue weighted by atomic mass is 35.5. The van der Waals surface area contributed by atoms with Gasteiger partial charge in [-0.05, 0) is 18.6 Å². The number of hydrogen-bond acceptors (Lipinski definition) is 3. The second-order valence-electron chi connectivity index (χ2n) is 3.80. The lowest BCUT2D eigenvalue weighted by Crippen LogP contribution is -2.02. The summed E-state index contributed by atoms with van der Waals surface area (Å²) in [6, 6.07) is 0. The second-order valence-corrected chi connectivity index (χ2v) is 5.19. The maximum Gasteiger partial charge on any atom is 0.346 e. The molecular weight excluding hydrogens is 294 g/mol. The average molecular weight is 310 g/mol. The Kier molecular flexibility index (Phi) is 5.80. The molecule has 1 aromatic heterocycles. The van der Waals surface area contributed by atoms with Gasteiger partial charge in [0.25, 0.3) is 0 Å². The predicted octanol–water partition coefficient (Wildman–Crippen LogP) is 4.44. The van der Waals surface area contributed by atoms with Crippen LogP contribution in [0, 0.1) is 0 Å². The Morgan fingerprint density at radius 3 is 2.40 bits per heavy atom. The lowest BCUT2D eigenvalue weighted by molar-refractivity contribution is 0.0702. The van der Waals surface area contributed by atoms with Crippen LogP contribution in [-0.4, -0.2) is 18.1 Å². The fraction of sp³-hybridized carbons (Fsp3) is 0.133. The first-order chi connectivity index (χ1) is 9.49. The fourth-order valence-corrected chi connectivity index (χ4v) is 3.13. The molecule has 0 unspecified atom stereocenters. The van der Waals surface area contributed by atoms with Gasteiger partial charge in [0.2, 0.25) is 0 Å². The molecule has 0 aromatic carbocycles. The molecule has 0 fully saturated rings. The van der Waals surface area contributed by atoms with Crippen LogP contribution in [0.2, 0.25) is 5.02 Å². The topological polar surface area (TPSA) is 49.3 Å². The van der Waals surface area contributed by atoms with Crippen molar-refractivity contribution >= 4 is 40.6 Å². The van der Waals surface area contributed by atoms with Gasteiger partial charge < -0.3 is 10.4 Å². The van der Waals surface area contributed by atoms with Gasteiger partial charge >= 0.3 is 5.97 Å². The molecule has 0 spiro atoms. The van der Waals surface area contributed by atoms with Crippen LogP contribution >= 0.6 is 22.9 Å². The number of aromatic carboxylic acids is 1. The molecule has 5 heteroatoms. The molecule has 1 aromatic rings. The van der Waals surface area contributed by atoms with Gasteiger partial charge in [-0.15, -0.1) is 11.3 Å². The van der Waals surface area contributed by atoms with Gasteiger partial charge in [0, 0.05) is 18.3 Å². The summed E-state index contributed by atoms with van der Waals surface area (Å²) in [5.41, 5.74) is 2.10. The number of thiophene rings is 1. The third-order valence-electron chi connectivity index (χ3n) is 2.68. The summed E-state index contributed by atoms with van der Waals surface area (Å²) in [6.07, 6.45) is 6.87. The highest BCUT2D eigenvalue weighted by Gasteiger charge is 2.20. The predicted molar refractivity (Wildman–Crippen MR) is 87.4 cm³/mol. The molecule has 1 heterocycles. The standard InChI is InChI=1S/C15H16ClNO2S/c1-5-9(8-10(6-2)17-4)13-12(16)11(7-3)14(20-13)15(18)19/h5-8,17H,1,3H2,2,4H3,(H,18,19)/b9-8+,10-6+. The van der Waals surface area contributed by atoms with E-state index in [1.807, 2.05) is 19.1 Å². The Bertz CT molecular complexity index is 612. The van der Waals surface area contributed by atoms with Crippen molar-refractivity contribution in [2.24, 2.45) is 0 Å². The van der Waals surface area contributed by atoms with Crippen LogP contribution in [0.15, 0.2) is 37.1 Å². The van der Waals surface area contributed by atoms with E-state index in [0.29, 0.717) is 15.5 Å². The van der Waals surface area contributed by atoms with Gasteiger partial charge in [0.1, 0.15) is 4.88 Å². The Balaban J connectivity index is 3.48. The van der Waals surface area contributed by atoms with Crippen molar-refractivity contribution in [1.29, 1.82) is 0 Å². The van der Waals surface area contributed by atoms with E-state index in [2.05, 4.69) is 18.5 Å². The van der Waals surface area contributed by atoms with Gasteiger partial charge in [-0.1, -0.05) is 43.0 Å². The van der Waals surface area contributed by atoms with Gasteiger partial charge in [0.15, 0.2) is 0 Å². The molecule has 0 aliphatic carbocycles. The van der Waals surface area contributed by atoms with E-state index >= 15 is 0 Å². The first kappa shape index (κ1) is 16.3. The van der Waals surface area contributed by atoms with Crippen molar-refractivity contribution in [2.75, 3.05) is 7.05 Å². The van der Waals surface area contributed by atoms with E-state index in [9.17, 15) is 9.90 Å². The Morgan fingerprint density at radius 1 is 1.40 bits per heavy atom. The molecule has 2 N–H and O–H groups in total. The molecule has 0 atom stereocenters. The fourth-order valence-electron chi connectivity index (χ4n) is 1.64. The van der Waals surface area contributed by atoms with Crippen LogP contribution < -0.4 is 5.32 Å². The average Bonchev–Trinajstić information content (AvgIpc) is 2.77. The molecule has 1 rings (SSSR count). The van der Waals surface area contributed by atoms with Crippen molar-refractivity contribution in [3.05, 3.63) is 57.4 Å². The monoisotopic (exact) mass is 309 g/mol. The summed E-state index contributed by atoms with van der Waals surface area (Å²) in [6.45, 7) is 9.28. The molecule has 0 saturated carbocycles. The molecule has 0 aliphatic rings. The van der Waals surface area contributed by atoms with Crippen LogP contribution in [-0.2, 0) is 0 Å². The zero-order valence-corrected chi connectivity index (χ0v) is 12.9. The largest absolute Gasteiger partial charge is 0.477 e. The first-order valence-electron chi connectivity index (χ1n) is 5.86. The highest BCUT2D eigenvalue weighted by molar-refractivity contribution is 7.16. The van der Waals surface area contributed by atoms with E-state index < -0.39 is 5.97 Å². The zero-order chi connectivity index (χ0) is 15.3. The Labute approximate surface area is 127 Å². The maximum atomic E-state index is 11.2. The summed E-state index contributed by atoms with van der Waals surface area (Å²) in [5, 5.41) is 12.6. The molecule has 0 bridgehead atoms.